The third kappa shape index (κ3) is 2.96. The van der Waals surface area contributed by atoms with Crippen molar-refractivity contribution in [2.24, 2.45) is 11.7 Å². The summed E-state index contributed by atoms with van der Waals surface area (Å²) >= 11 is 0. The van der Waals surface area contributed by atoms with E-state index < -0.39 is 0 Å². The summed E-state index contributed by atoms with van der Waals surface area (Å²) in [5.74, 6) is 2.22. The predicted molar refractivity (Wildman–Crippen MR) is 73.0 cm³/mol. The van der Waals surface area contributed by atoms with Crippen molar-refractivity contribution in [1.29, 1.82) is 0 Å². The van der Waals surface area contributed by atoms with Crippen molar-refractivity contribution in [1.82, 2.24) is 0 Å². The first kappa shape index (κ1) is 13.2. The van der Waals surface area contributed by atoms with Gasteiger partial charge in [0.25, 0.3) is 0 Å². The minimum absolute atomic E-state index is 0.0919. The molecule has 0 aromatic heterocycles. The van der Waals surface area contributed by atoms with E-state index in [2.05, 4.69) is 0 Å². The summed E-state index contributed by atoms with van der Waals surface area (Å²) in [6.45, 7) is 0. The van der Waals surface area contributed by atoms with E-state index in [0.29, 0.717) is 5.92 Å². The Kier molecular flexibility index (Phi) is 4.48. The average molecular weight is 249 g/mol. The van der Waals surface area contributed by atoms with Gasteiger partial charge in [-0.1, -0.05) is 19.3 Å². The molecule has 1 aromatic carbocycles. The summed E-state index contributed by atoms with van der Waals surface area (Å²) in [5, 5.41) is 0. The molecule has 0 heterocycles. The quantitative estimate of drug-likeness (QED) is 0.890. The molecule has 0 spiro atoms. The van der Waals surface area contributed by atoms with Gasteiger partial charge in [0.15, 0.2) is 0 Å². The van der Waals surface area contributed by atoms with E-state index in [-0.39, 0.29) is 6.04 Å². The minimum Gasteiger partial charge on any atom is -0.497 e. The smallest absolute Gasteiger partial charge is 0.122 e. The molecule has 2 N–H and O–H groups in total. The SMILES string of the molecule is COc1cc(OC)cc(C(N)C2CCCCC2)c1. The van der Waals surface area contributed by atoms with Gasteiger partial charge < -0.3 is 15.2 Å². The molecule has 0 aliphatic heterocycles. The molecule has 1 aliphatic rings. The Morgan fingerprint density at radius 2 is 1.56 bits per heavy atom. The molecule has 3 nitrogen and oxygen atoms in total. The van der Waals surface area contributed by atoms with Crippen LogP contribution in [0.1, 0.15) is 43.7 Å². The second-order valence-corrected chi connectivity index (χ2v) is 5.07. The third-order valence-electron chi connectivity index (χ3n) is 3.92. The summed E-state index contributed by atoms with van der Waals surface area (Å²) in [6, 6.07) is 6.04. The van der Waals surface area contributed by atoms with Gasteiger partial charge in [-0.05, 0) is 36.5 Å². The molecular weight excluding hydrogens is 226 g/mol. The highest BCUT2D eigenvalue weighted by molar-refractivity contribution is 5.40. The van der Waals surface area contributed by atoms with Gasteiger partial charge >= 0.3 is 0 Å². The largest absolute Gasteiger partial charge is 0.497 e. The standard InChI is InChI=1S/C15H23NO2/c1-17-13-8-12(9-14(10-13)18-2)15(16)11-6-4-3-5-7-11/h8-11,15H,3-7,16H2,1-2H3. The molecule has 1 saturated carbocycles. The van der Waals surface area contributed by atoms with Crippen LogP contribution in [0, 0.1) is 5.92 Å². The van der Waals surface area contributed by atoms with Crippen molar-refractivity contribution in [3.8, 4) is 11.5 Å². The van der Waals surface area contributed by atoms with E-state index >= 15 is 0 Å². The van der Waals surface area contributed by atoms with Gasteiger partial charge in [-0.15, -0.1) is 0 Å². The zero-order valence-electron chi connectivity index (χ0n) is 11.3. The second-order valence-electron chi connectivity index (χ2n) is 5.07. The van der Waals surface area contributed by atoms with Crippen LogP contribution in [0.4, 0.5) is 0 Å². The maximum atomic E-state index is 6.41. The van der Waals surface area contributed by atoms with Crippen LogP contribution in [0.2, 0.25) is 0 Å². The van der Waals surface area contributed by atoms with E-state index in [1.165, 1.54) is 32.1 Å². The molecule has 1 aromatic rings. The van der Waals surface area contributed by atoms with Crippen molar-refractivity contribution in [2.75, 3.05) is 14.2 Å². The lowest BCUT2D eigenvalue weighted by Gasteiger charge is -2.28. The van der Waals surface area contributed by atoms with E-state index in [0.717, 1.165) is 17.1 Å². The fourth-order valence-electron chi connectivity index (χ4n) is 2.79. The van der Waals surface area contributed by atoms with Gasteiger partial charge in [0.1, 0.15) is 11.5 Å². The molecule has 100 valence electrons. The zero-order chi connectivity index (χ0) is 13.0. The Labute approximate surface area is 109 Å². The maximum Gasteiger partial charge on any atom is 0.122 e. The van der Waals surface area contributed by atoms with Crippen molar-refractivity contribution in [3.63, 3.8) is 0 Å². The molecule has 1 atom stereocenters. The Morgan fingerprint density at radius 3 is 2.06 bits per heavy atom. The van der Waals surface area contributed by atoms with Gasteiger partial charge in [-0.25, -0.2) is 0 Å². The maximum absolute atomic E-state index is 6.41. The summed E-state index contributed by atoms with van der Waals surface area (Å²) in [5.41, 5.74) is 7.53. The minimum atomic E-state index is 0.0919. The van der Waals surface area contributed by atoms with Gasteiger partial charge in [-0.3, -0.25) is 0 Å². The highest BCUT2D eigenvalue weighted by atomic mass is 16.5. The molecule has 2 rings (SSSR count). The molecule has 0 saturated heterocycles. The van der Waals surface area contributed by atoms with E-state index in [9.17, 15) is 0 Å². The molecule has 3 heteroatoms. The average Bonchev–Trinajstić information content (AvgIpc) is 2.46. The second kappa shape index (κ2) is 6.10. The van der Waals surface area contributed by atoms with Crippen molar-refractivity contribution < 1.29 is 9.47 Å². The van der Waals surface area contributed by atoms with Crippen LogP contribution in [0.3, 0.4) is 0 Å². The predicted octanol–water partition coefficient (Wildman–Crippen LogP) is 3.28. The third-order valence-corrected chi connectivity index (χ3v) is 3.92. The Morgan fingerprint density at radius 1 is 1.00 bits per heavy atom. The highest BCUT2D eigenvalue weighted by Crippen LogP contribution is 2.35. The first-order valence-electron chi connectivity index (χ1n) is 6.73. The molecule has 0 bridgehead atoms. The van der Waals surface area contributed by atoms with Crippen LogP contribution in [0.5, 0.6) is 11.5 Å². The number of methoxy groups -OCH3 is 2. The van der Waals surface area contributed by atoms with Crippen LogP contribution in [0.25, 0.3) is 0 Å². The van der Waals surface area contributed by atoms with Crippen molar-refractivity contribution in [3.05, 3.63) is 23.8 Å². The fraction of sp³-hybridized carbons (Fsp3) is 0.600. The number of hydrogen-bond donors (Lipinski definition) is 1. The molecule has 0 radical (unpaired) electrons. The van der Waals surface area contributed by atoms with Crippen LogP contribution in [0.15, 0.2) is 18.2 Å². The lowest BCUT2D eigenvalue weighted by molar-refractivity contribution is 0.306. The summed E-state index contributed by atoms with van der Waals surface area (Å²) < 4.78 is 10.6. The monoisotopic (exact) mass is 249 g/mol. The number of hydrogen-bond acceptors (Lipinski definition) is 3. The molecule has 18 heavy (non-hydrogen) atoms. The Hall–Kier alpha value is -1.22. The molecule has 1 aliphatic carbocycles. The van der Waals surface area contributed by atoms with E-state index in [4.69, 9.17) is 15.2 Å². The number of rotatable bonds is 4. The van der Waals surface area contributed by atoms with Gasteiger partial charge in [-0.2, -0.15) is 0 Å². The van der Waals surface area contributed by atoms with E-state index in [1.54, 1.807) is 14.2 Å². The van der Waals surface area contributed by atoms with Gasteiger partial charge in [0.05, 0.1) is 14.2 Å². The fourth-order valence-corrected chi connectivity index (χ4v) is 2.79. The molecular formula is C15H23NO2. The van der Waals surface area contributed by atoms with Crippen LogP contribution >= 0.6 is 0 Å². The van der Waals surface area contributed by atoms with Crippen molar-refractivity contribution in [2.45, 2.75) is 38.1 Å². The molecule has 0 amide bonds. The van der Waals surface area contributed by atoms with Crippen molar-refractivity contribution >= 4 is 0 Å². The zero-order valence-corrected chi connectivity index (χ0v) is 11.3. The van der Waals surface area contributed by atoms with Gasteiger partial charge in [0.2, 0.25) is 0 Å². The summed E-state index contributed by atoms with van der Waals surface area (Å²) in [7, 11) is 3.34. The van der Waals surface area contributed by atoms with Crippen LogP contribution in [-0.2, 0) is 0 Å². The highest BCUT2D eigenvalue weighted by Gasteiger charge is 2.22. The number of ether oxygens (including phenoxy) is 2. The first-order valence-corrected chi connectivity index (χ1v) is 6.73. The molecule has 1 unspecified atom stereocenters. The Bertz CT molecular complexity index is 364. The number of benzene rings is 1. The summed E-state index contributed by atoms with van der Waals surface area (Å²) in [4.78, 5) is 0. The van der Waals surface area contributed by atoms with Crippen LogP contribution < -0.4 is 15.2 Å². The van der Waals surface area contributed by atoms with E-state index in [1.807, 2.05) is 18.2 Å². The number of nitrogens with two attached hydrogens (primary N) is 1. The van der Waals surface area contributed by atoms with Crippen LogP contribution in [-0.4, -0.2) is 14.2 Å². The normalized spacial score (nSPS) is 18.4. The Balaban J connectivity index is 2.19. The molecule has 1 fully saturated rings. The topological polar surface area (TPSA) is 44.5 Å². The lowest BCUT2D eigenvalue weighted by Crippen LogP contribution is -2.23. The van der Waals surface area contributed by atoms with Gasteiger partial charge in [0, 0.05) is 12.1 Å². The lowest BCUT2D eigenvalue weighted by atomic mass is 9.81. The summed E-state index contributed by atoms with van der Waals surface area (Å²) in [6.07, 6.45) is 6.44. The first-order chi connectivity index (χ1) is 8.74.